The zero-order chi connectivity index (χ0) is 22.3. The number of anilines is 1. The standard InChI is InChI=1S/C24H23N3O4S/c1-32(29,30)15-19-18-9-2-3-10-21(18)31-23(19)24(28)25-17-8-6-7-16(13-17)20-14-27-12-5-4-11-22(27)26-20/h2-3,6-10,13-14H,4-5,11-12,15H2,1H3,(H,25,28). The number of nitrogens with zero attached hydrogens (tertiary/aromatic N) is 2. The highest BCUT2D eigenvalue weighted by Gasteiger charge is 2.23. The summed E-state index contributed by atoms with van der Waals surface area (Å²) >= 11 is 0. The maximum absolute atomic E-state index is 13.1. The third-order valence-electron chi connectivity index (χ3n) is 5.64. The first kappa shape index (κ1) is 20.5. The minimum Gasteiger partial charge on any atom is -0.451 e. The molecule has 1 amide bonds. The number of rotatable bonds is 5. The number of carbonyl (C=O) groups is 1. The van der Waals surface area contributed by atoms with Gasteiger partial charge in [-0.3, -0.25) is 4.79 Å². The molecular weight excluding hydrogens is 426 g/mol. The van der Waals surface area contributed by atoms with Crippen LogP contribution in [-0.2, 0) is 28.6 Å². The van der Waals surface area contributed by atoms with Crippen LogP contribution in [0.3, 0.4) is 0 Å². The van der Waals surface area contributed by atoms with Crippen LogP contribution in [0.2, 0.25) is 0 Å². The van der Waals surface area contributed by atoms with E-state index in [0.717, 1.165) is 49.1 Å². The van der Waals surface area contributed by atoms with E-state index in [9.17, 15) is 13.2 Å². The van der Waals surface area contributed by atoms with Gasteiger partial charge < -0.3 is 14.3 Å². The highest BCUT2D eigenvalue weighted by molar-refractivity contribution is 7.89. The van der Waals surface area contributed by atoms with E-state index in [1.807, 2.05) is 18.2 Å². The fourth-order valence-corrected chi connectivity index (χ4v) is 4.99. The summed E-state index contributed by atoms with van der Waals surface area (Å²) in [7, 11) is -3.36. The second-order valence-corrected chi connectivity index (χ2v) is 10.3. The van der Waals surface area contributed by atoms with E-state index in [-0.39, 0.29) is 11.5 Å². The SMILES string of the molecule is CS(=O)(=O)Cc1c(C(=O)Nc2cccc(-c3cn4c(n3)CCCC4)c2)oc2ccccc12. The molecular formula is C24H23N3O4S. The van der Waals surface area contributed by atoms with Gasteiger partial charge in [-0.1, -0.05) is 30.3 Å². The van der Waals surface area contributed by atoms with Gasteiger partial charge in [-0.05, 0) is 31.0 Å². The average Bonchev–Trinajstić information content (AvgIpc) is 3.35. The number of carbonyl (C=O) groups excluding carboxylic acids is 1. The Hall–Kier alpha value is -3.39. The summed E-state index contributed by atoms with van der Waals surface area (Å²) in [6.07, 6.45) is 6.49. The van der Waals surface area contributed by atoms with Crippen molar-refractivity contribution in [3.63, 3.8) is 0 Å². The first-order chi connectivity index (χ1) is 15.4. The summed E-state index contributed by atoms with van der Waals surface area (Å²) in [4.78, 5) is 17.8. The number of fused-ring (bicyclic) bond motifs is 2. The Morgan fingerprint density at radius 2 is 2.00 bits per heavy atom. The molecule has 0 fully saturated rings. The fraction of sp³-hybridized carbons (Fsp3) is 0.250. The molecule has 0 spiro atoms. The second kappa shape index (κ2) is 7.94. The van der Waals surface area contributed by atoms with E-state index in [1.54, 1.807) is 30.3 Å². The molecule has 8 heteroatoms. The molecule has 0 unspecified atom stereocenters. The fourth-order valence-electron chi connectivity index (χ4n) is 4.18. The van der Waals surface area contributed by atoms with E-state index in [1.165, 1.54) is 0 Å². The van der Waals surface area contributed by atoms with Gasteiger partial charge in [0.15, 0.2) is 15.6 Å². The Morgan fingerprint density at radius 1 is 1.16 bits per heavy atom. The monoisotopic (exact) mass is 449 g/mol. The summed E-state index contributed by atoms with van der Waals surface area (Å²) < 4.78 is 31.9. The molecule has 2 aromatic heterocycles. The van der Waals surface area contributed by atoms with Gasteiger partial charge in [0.25, 0.3) is 5.91 Å². The summed E-state index contributed by atoms with van der Waals surface area (Å²) in [6, 6.07) is 14.5. The van der Waals surface area contributed by atoms with Crippen LogP contribution in [0.15, 0.2) is 59.1 Å². The molecule has 2 aromatic carbocycles. The zero-order valence-corrected chi connectivity index (χ0v) is 18.5. The van der Waals surface area contributed by atoms with Gasteiger partial charge in [-0.2, -0.15) is 0 Å². The predicted molar refractivity (Wildman–Crippen MR) is 123 cm³/mol. The number of benzene rings is 2. The largest absolute Gasteiger partial charge is 0.451 e. The Kier molecular flexibility index (Phi) is 5.09. The van der Waals surface area contributed by atoms with Crippen LogP contribution >= 0.6 is 0 Å². The number of sulfone groups is 1. The summed E-state index contributed by atoms with van der Waals surface area (Å²) in [6.45, 7) is 0.980. The van der Waals surface area contributed by atoms with Crippen molar-refractivity contribution >= 4 is 32.4 Å². The zero-order valence-electron chi connectivity index (χ0n) is 17.7. The maximum Gasteiger partial charge on any atom is 0.291 e. The summed E-state index contributed by atoms with van der Waals surface area (Å²) in [5.41, 5.74) is 3.22. The molecule has 1 N–H and O–H groups in total. The normalized spacial score (nSPS) is 13.8. The van der Waals surface area contributed by atoms with Crippen LogP contribution < -0.4 is 5.32 Å². The number of amides is 1. The number of aryl methyl sites for hydroxylation is 2. The first-order valence-corrected chi connectivity index (χ1v) is 12.6. The van der Waals surface area contributed by atoms with E-state index in [0.29, 0.717) is 22.2 Å². The summed E-state index contributed by atoms with van der Waals surface area (Å²) in [5, 5.41) is 3.48. The lowest BCUT2D eigenvalue weighted by atomic mass is 10.1. The molecule has 0 bridgehead atoms. The number of furan rings is 1. The first-order valence-electron chi connectivity index (χ1n) is 10.5. The smallest absolute Gasteiger partial charge is 0.291 e. The average molecular weight is 450 g/mol. The Labute approximate surface area is 186 Å². The molecule has 0 saturated heterocycles. The van der Waals surface area contributed by atoms with Crippen molar-refractivity contribution in [3.05, 3.63) is 71.9 Å². The van der Waals surface area contributed by atoms with Crippen LogP contribution in [0.4, 0.5) is 5.69 Å². The van der Waals surface area contributed by atoms with Crippen LogP contribution in [0.1, 0.15) is 34.8 Å². The molecule has 0 aliphatic carbocycles. The van der Waals surface area contributed by atoms with Crippen LogP contribution in [0.25, 0.3) is 22.2 Å². The van der Waals surface area contributed by atoms with Crippen molar-refractivity contribution < 1.29 is 17.6 Å². The van der Waals surface area contributed by atoms with E-state index >= 15 is 0 Å². The molecule has 0 atom stereocenters. The molecule has 3 heterocycles. The van der Waals surface area contributed by atoms with Gasteiger partial charge >= 0.3 is 0 Å². The molecule has 1 aliphatic rings. The molecule has 7 nitrogen and oxygen atoms in total. The van der Waals surface area contributed by atoms with Crippen molar-refractivity contribution in [2.75, 3.05) is 11.6 Å². The van der Waals surface area contributed by atoms with Crippen molar-refractivity contribution in [2.24, 2.45) is 0 Å². The lowest BCUT2D eigenvalue weighted by Gasteiger charge is -2.11. The van der Waals surface area contributed by atoms with Crippen molar-refractivity contribution in [2.45, 2.75) is 31.6 Å². The third kappa shape index (κ3) is 4.05. The maximum atomic E-state index is 13.1. The highest BCUT2D eigenvalue weighted by Crippen LogP contribution is 2.29. The van der Waals surface area contributed by atoms with Gasteiger partial charge in [-0.25, -0.2) is 13.4 Å². The Bertz CT molecular complexity index is 1410. The molecule has 0 radical (unpaired) electrons. The lowest BCUT2D eigenvalue weighted by molar-refractivity contribution is 0.0998. The van der Waals surface area contributed by atoms with Crippen molar-refractivity contribution in [1.82, 2.24) is 9.55 Å². The quantitative estimate of drug-likeness (QED) is 0.486. The second-order valence-electron chi connectivity index (χ2n) is 8.20. The van der Waals surface area contributed by atoms with Crippen LogP contribution in [0.5, 0.6) is 0 Å². The third-order valence-corrected chi connectivity index (χ3v) is 6.45. The number of aromatic nitrogens is 2. The van der Waals surface area contributed by atoms with E-state index in [2.05, 4.69) is 16.1 Å². The number of nitrogens with one attached hydrogen (secondary N) is 1. The molecule has 4 aromatic rings. The molecule has 164 valence electrons. The lowest BCUT2D eigenvalue weighted by Crippen LogP contribution is -2.14. The molecule has 5 rings (SSSR count). The van der Waals surface area contributed by atoms with Crippen molar-refractivity contribution in [3.8, 4) is 11.3 Å². The Morgan fingerprint density at radius 3 is 2.81 bits per heavy atom. The van der Waals surface area contributed by atoms with Crippen LogP contribution in [0, 0.1) is 0 Å². The van der Waals surface area contributed by atoms with Gasteiger partial charge in [0, 0.05) is 47.6 Å². The van der Waals surface area contributed by atoms with Gasteiger partial charge in [0.1, 0.15) is 11.4 Å². The van der Waals surface area contributed by atoms with E-state index < -0.39 is 15.7 Å². The Balaban J connectivity index is 1.46. The van der Waals surface area contributed by atoms with Crippen molar-refractivity contribution in [1.29, 1.82) is 0 Å². The van der Waals surface area contributed by atoms with Gasteiger partial charge in [-0.15, -0.1) is 0 Å². The topological polar surface area (TPSA) is 94.2 Å². The molecule has 1 aliphatic heterocycles. The highest BCUT2D eigenvalue weighted by atomic mass is 32.2. The number of imidazole rings is 1. The molecule has 32 heavy (non-hydrogen) atoms. The molecule has 0 saturated carbocycles. The van der Waals surface area contributed by atoms with Gasteiger partial charge in [0.2, 0.25) is 0 Å². The predicted octanol–water partition coefficient (Wildman–Crippen LogP) is 4.43. The number of hydrogen-bond acceptors (Lipinski definition) is 5. The van der Waals surface area contributed by atoms with E-state index in [4.69, 9.17) is 9.40 Å². The summed E-state index contributed by atoms with van der Waals surface area (Å²) in [5.74, 6) is 0.349. The van der Waals surface area contributed by atoms with Gasteiger partial charge in [0.05, 0.1) is 11.4 Å². The van der Waals surface area contributed by atoms with Crippen LogP contribution in [-0.4, -0.2) is 30.1 Å². The number of para-hydroxylation sites is 1. The number of hydrogen-bond donors (Lipinski definition) is 1. The minimum absolute atomic E-state index is 0.0134. The minimum atomic E-state index is -3.36.